The van der Waals surface area contributed by atoms with Crippen LogP contribution in [0.25, 0.3) is 10.9 Å². The van der Waals surface area contributed by atoms with Crippen molar-refractivity contribution in [3.63, 3.8) is 0 Å². The Balaban J connectivity index is 1.48. The number of tetrazole rings is 1. The highest BCUT2D eigenvalue weighted by Crippen LogP contribution is 2.27. The molecule has 1 saturated heterocycles. The Morgan fingerprint density at radius 2 is 2.23 bits per heavy atom. The molecule has 1 aliphatic rings. The SMILES string of the molecule is CCC(c1nnnn1Cc1ccco1)N(Cc1cc2cc(OC)ccc2[nH]c1=O)CC1CCCO1. The minimum absolute atomic E-state index is 0.106. The number of ether oxygens (including phenoxy) is 2. The Kier molecular flexibility index (Phi) is 6.91. The quantitative estimate of drug-likeness (QED) is 0.370. The first-order valence-electron chi connectivity index (χ1n) is 12.0. The highest BCUT2D eigenvalue weighted by Gasteiger charge is 2.29. The van der Waals surface area contributed by atoms with Gasteiger partial charge in [0.25, 0.3) is 5.56 Å². The van der Waals surface area contributed by atoms with Gasteiger partial charge in [-0.15, -0.1) is 5.10 Å². The number of furan rings is 1. The van der Waals surface area contributed by atoms with E-state index in [1.165, 1.54) is 0 Å². The third kappa shape index (κ3) is 5.13. The fourth-order valence-electron chi connectivity index (χ4n) is 4.76. The lowest BCUT2D eigenvalue weighted by atomic mass is 10.1. The van der Waals surface area contributed by atoms with Crippen LogP contribution in [0, 0.1) is 0 Å². The van der Waals surface area contributed by atoms with Gasteiger partial charge in [0.1, 0.15) is 18.1 Å². The summed E-state index contributed by atoms with van der Waals surface area (Å²) < 4.78 is 18.6. The van der Waals surface area contributed by atoms with E-state index in [9.17, 15) is 4.79 Å². The predicted octanol–water partition coefficient (Wildman–Crippen LogP) is 3.30. The minimum atomic E-state index is -0.107. The summed E-state index contributed by atoms with van der Waals surface area (Å²) in [4.78, 5) is 18.3. The van der Waals surface area contributed by atoms with Crippen molar-refractivity contribution in [2.24, 2.45) is 0 Å². The number of pyridine rings is 1. The molecule has 1 fully saturated rings. The number of aromatic amines is 1. The zero-order valence-corrected chi connectivity index (χ0v) is 20.0. The van der Waals surface area contributed by atoms with Crippen molar-refractivity contribution < 1.29 is 13.9 Å². The molecule has 0 bridgehead atoms. The van der Waals surface area contributed by atoms with E-state index in [1.54, 1.807) is 18.1 Å². The van der Waals surface area contributed by atoms with Crippen molar-refractivity contribution in [2.45, 2.75) is 51.4 Å². The Bertz CT molecular complexity index is 1310. The number of H-pyrrole nitrogens is 1. The van der Waals surface area contributed by atoms with Gasteiger partial charge in [-0.25, -0.2) is 4.68 Å². The molecule has 4 aromatic rings. The maximum atomic E-state index is 13.0. The Hall–Kier alpha value is -3.50. The third-order valence-corrected chi connectivity index (χ3v) is 6.53. The highest BCUT2D eigenvalue weighted by atomic mass is 16.5. The van der Waals surface area contributed by atoms with Gasteiger partial charge in [-0.3, -0.25) is 9.69 Å². The summed E-state index contributed by atoms with van der Waals surface area (Å²) >= 11 is 0. The lowest BCUT2D eigenvalue weighted by molar-refractivity contribution is 0.0488. The maximum Gasteiger partial charge on any atom is 0.252 e. The first kappa shape index (κ1) is 23.3. The summed E-state index contributed by atoms with van der Waals surface area (Å²) in [5, 5.41) is 13.5. The van der Waals surface area contributed by atoms with Gasteiger partial charge in [0.15, 0.2) is 5.82 Å². The molecular formula is C25H30N6O4. The van der Waals surface area contributed by atoms with Crippen LogP contribution in [-0.4, -0.2) is 56.5 Å². The van der Waals surface area contributed by atoms with E-state index in [0.29, 0.717) is 25.2 Å². The van der Waals surface area contributed by atoms with Crippen molar-refractivity contribution >= 4 is 10.9 Å². The summed E-state index contributed by atoms with van der Waals surface area (Å²) in [5.74, 6) is 2.26. The van der Waals surface area contributed by atoms with E-state index in [4.69, 9.17) is 13.9 Å². The van der Waals surface area contributed by atoms with Crippen LogP contribution < -0.4 is 10.3 Å². The van der Waals surface area contributed by atoms with Gasteiger partial charge in [-0.05, 0) is 66.1 Å². The first-order valence-corrected chi connectivity index (χ1v) is 12.0. The van der Waals surface area contributed by atoms with Crippen LogP contribution in [0.15, 0.2) is 51.9 Å². The van der Waals surface area contributed by atoms with Gasteiger partial charge >= 0.3 is 0 Å². The van der Waals surface area contributed by atoms with Crippen LogP contribution in [0.3, 0.4) is 0 Å². The molecule has 1 N–H and O–H groups in total. The van der Waals surface area contributed by atoms with Crippen molar-refractivity contribution in [1.29, 1.82) is 0 Å². The molecule has 0 radical (unpaired) electrons. The van der Waals surface area contributed by atoms with Gasteiger partial charge in [0, 0.05) is 36.2 Å². The van der Waals surface area contributed by atoms with Crippen molar-refractivity contribution in [1.82, 2.24) is 30.1 Å². The number of nitrogens with zero attached hydrogens (tertiary/aromatic N) is 5. The van der Waals surface area contributed by atoms with Crippen LogP contribution in [0.2, 0.25) is 0 Å². The largest absolute Gasteiger partial charge is 0.497 e. The number of hydrogen-bond acceptors (Lipinski definition) is 8. The maximum absolute atomic E-state index is 13.0. The van der Waals surface area contributed by atoms with Crippen LogP contribution in [0.5, 0.6) is 5.75 Å². The van der Waals surface area contributed by atoms with E-state index in [2.05, 4.69) is 32.3 Å². The number of methoxy groups -OCH3 is 1. The second-order valence-electron chi connectivity index (χ2n) is 8.84. The van der Waals surface area contributed by atoms with E-state index in [0.717, 1.165) is 54.1 Å². The topological polar surface area (TPSA) is 111 Å². The van der Waals surface area contributed by atoms with Crippen molar-refractivity contribution in [2.75, 3.05) is 20.3 Å². The van der Waals surface area contributed by atoms with E-state index < -0.39 is 0 Å². The van der Waals surface area contributed by atoms with Gasteiger partial charge < -0.3 is 18.9 Å². The third-order valence-electron chi connectivity index (χ3n) is 6.53. The monoisotopic (exact) mass is 478 g/mol. The Labute approximate surface area is 202 Å². The molecule has 0 amide bonds. The average Bonchev–Trinajstić information content (AvgIpc) is 3.65. The predicted molar refractivity (Wildman–Crippen MR) is 129 cm³/mol. The first-order chi connectivity index (χ1) is 17.1. The average molecular weight is 479 g/mol. The van der Waals surface area contributed by atoms with E-state index in [-0.39, 0.29) is 17.7 Å². The number of nitrogens with one attached hydrogen (secondary N) is 1. The summed E-state index contributed by atoms with van der Waals surface area (Å²) in [5.41, 5.74) is 1.34. The molecule has 3 aromatic heterocycles. The molecule has 4 heterocycles. The van der Waals surface area contributed by atoms with Gasteiger partial charge in [0.05, 0.1) is 25.5 Å². The molecule has 2 unspecified atom stereocenters. The zero-order valence-electron chi connectivity index (χ0n) is 20.0. The second kappa shape index (κ2) is 10.4. The molecule has 184 valence electrons. The number of rotatable bonds is 10. The van der Waals surface area contributed by atoms with Crippen LogP contribution in [-0.2, 0) is 17.8 Å². The fraction of sp³-hybridized carbons (Fsp3) is 0.440. The van der Waals surface area contributed by atoms with Crippen molar-refractivity contribution in [3.8, 4) is 5.75 Å². The summed E-state index contributed by atoms with van der Waals surface area (Å²) in [6.45, 7) is 4.43. The number of benzene rings is 1. The zero-order chi connectivity index (χ0) is 24.2. The highest BCUT2D eigenvalue weighted by molar-refractivity contribution is 5.80. The fourth-order valence-corrected chi connectivity index (χ4v) is 4.76. The minimum Gasteiger partial charge on any atom is -0.497 e. The summed E-state index contributed by atoms with van der Waals surface area (Å²) in [6, 6.07) is 11.2. The normalized spacial score (nSPS) is 16.8. The van der Waals surface area contributed by atoms with Gasteiger partial charge in [-0.2, -0.15) is 0 Å². The van der Waals surface area contributed by atoms with Crippen LogP contribution >= 0.6 is 0 Å². The van der Waals surface area contributed by atoms with Gasteiger partial charge in [0.2, 0.25) is 0 Å². The van der Waals surface area contributed by atoms with Gasteiger partial charge in [-0.1, -0.05) is 6.92 Å². The second-order valence-corrected chi connectivity index (χ2v) is 8.84. The van der Waals surface area contributed by atoms with Crippen LogP contribution in [0.4, 0.5) is 0 Å². The molecule has 0 spiro atoms. The van der Waals surface area contributed by atoms with E-state index >= 15 is 0 Å². The summed E-state index contributed by atoms with van der Waals surface area (Å²) in [6.07, 6.45) is 4.56. The molecule has 35 heavy (non-hydrogen) atoms. The Morgan fingerprint density at radius 3 is 2.97 bits per heavy atom. The lowest BCUT2D eigenvalue weighted by Gasteiger charge is -2.32. The molecule has 1 aromatic carbocycles. The van der Waals surface area contributed by atoms with Crippen LogP contribution in [0.1, 0.15) is 49.4 Å². The molecule has 10 nitrogen and oxygen atoms in total. The molecule has 0 aliphatic carbocycles. The smallest absolute Gasteiger partial charge is 0.252 e. The Morgan fingerprint density at radius 1 is 1.31 bits per heavy atom. The molecular weight excluding hydrogens is 448 g/mol. The number of fused-ring (bicyclic) bond motifs is 1. The molecule has 2 atom stereocenters. The molecule has 0 saturated carbocycles. The standard InChI is InChI=1S/C25H30N6O4/c1-3-23(24-27-28-29-31(24)16-21-7-5-11-35-21)30(15-20-6-4-10-34-20)14-18-12-17-13-19(33-2)8-9-22(17)26-25(18)32/h5,7-9,11-13,20,23H,3-4,6,10,14-16H2,1-2H3,(H,26,32). The van der Waals surface area contributed by atoms with Crippen molar-refractivity contribution in [3.05, 3.63) is 70.2 Å². The molecule has 5 rings (SSSR count). The van der Waals surface area contributed by atoms with E-state index in [1.807, 2.05) is 36.4 Å². The molecule has 10 heteroatoms. The summed E-state index contributed by atoms with van der Waals surface area (Å²) in [7, 11) is 1.63. The number of hydrogen-bond donors (Lipinski definition) is 1. The molecule has 1 aliphatic heterocycles. The number of aromatic nitrogens is 5. The lowest BCUT2D eigenvalue weighted by Crippen LogP contribution is -2.37.